The highest BCUT2D eigenvalue weighted by molar-refractivity contribution is 5.72. The van der Waals surface area contributed by atoms with Crippen LogP contribution in [0.2, 0.25) is 0 Å². The third-order valence-corrected chi connectivity index (χ3v) is 7.73. The van der Waals surface area contributed by atoms with Crippen LogP contribution in [-0.4, -0.2) is 49.3 Å². The number of benzene rings is 2. The summed E-state index contributed by atoms with van der Waals surface area (Å²) in [7, 11) is 4.56. The van der Waals surface area contributed by atoms with Gasteiger partial charge in [0.2, 0.25) is 0 Å². The van der Waals surface area contributed by atoms with Gasteiger partial charge in [-0.1, -0.05) is 36.4 Å². The van der Waals surface area contributed by atoms with Gasteiger partial charge < -0.3 is 10.6 Å². The van der Waals surface area contributed by atoms with E-state index in [1.54, 1.807) is 0 Å². The number of hydrogen-bond acceptors (Lipinski definition) is 4. The molecule has 0 amide bonds. The van der Waals surface area contributed by atoms with Crippen molar-refractivity contribution in [3.05, 3.63) is 59.7 Å². The zero-order valence-corrected chi connectivity index (χ0v) is 15.5. The Bertz CT molecular complexity index is 822. The van der Waals surface area contributed by atoms with E-state index >= 15 is 0 Å². The summed E-state index contributed by atoms with van der Waals surface area (Å²) in [6, 6.07) is 18.1. The number of fused-ring (bicyclic) bond motifs is 7. The molecular weight excluding hydrogens is 320 g/mol. The van der Waals surface area contributed by atoms with E-state index in [9.17, 15) is 0 Å². The Morgan fingerprint density at radius 2 is 1.15 bits per heavy atom. The quantitative estimate of drug-likeness (QED) is 0.831. The summed E-state index contributed by atoms with van der Waals surface area (Å²) >= 11 is 0. The highest BCUT2D eigenvalue weighted by atomic mass is 15.4. The SMILES string of the molecule is CN1CC[C@]2([C@@]34CCN(C)[C@H]3Nc3ccccc34)c3ccccc3N[C@H]12. The first kappa shape index (κ1) is 15.1. The Morgan fingerprint density at radius 3 is 1.62 bits per heavy atom. The van der Waals surface area contributed by atoms with Gasteiger partial charge in [-0.05, 0) is 50.2 Å². The molecule has 6 rings (SSSR count). The lowest BCUT2D eigenvalue weighted by atomic mass is 9.55. The normalized spacial score (nSPS) is 37.6. The van der Waals surface area contributed by atoms with Crippen LogP contribution >= 0.6 is 0 Å². The van der Waals surface area contributed by atoms with Gasteiger partial charge in [0, 0.05) is 35.3 Å². The van der Waals surface area contributed by atoms with Crippen molar-refractivity contribution in [2.24, 2.45) is 0 Å². The molecule has 4 heterocycles. The molecule has 4 nitrogen and oxygen atoms in total. The van der Waals surface area contributed by atoms with E-state index in [0.29, 0.717) is 12.3 Å². The molecule has 2 saturated heterocycles. The molecule has 4 aliphatic heterocycles. The fourth-order valence-electron chi connectivity index (χ4n) is 6.73. The van der Waals surface area contributed by atoms with Gasteiger partial charge >= 0.3 is 0 Å². The summed E-state index contributed by atoms with van der Waals surface area (Å²) in [4.78, 5) is 5.07. The van der Waals surface area contributed by atoms with E-state index in [1.807, 2.05) is 0 Å². The van der Waals surface area contributed by atoms with Gasteiger partial charge in [0.15, 0.2) is 0 Å². The number of para-hydroxylation sites is 2. The van der Waals surface area contributed by atoms with Crippen LogP contribution in [0, 0.1) is 0 Å². The lowest BCUT2D eigenvalue weighted by Crippen LogP contribution is -2.60. The average molecular weight is 346 g/mol. The minimum absolute atomic E-state index is 0.105. The Morgan fingerprint density at radius 1 is 0.731 bits per heavy atom. The second-order valence-electron chi connectivity index (χ2n) is 8.59. The van der Waals surface area contributed by atoms with E-state index < -0.39 is 0 Å². The zero-order valence-electron chi connectivity index (χ0n) is 15.5. The first-order valence-corrected chi connectivity index (χ1v) is 9.81. The van der Waals surface area contributed by atoms with Crippen molar-refractivity contribution in [1.29, 1.82) is 0 Å². The largest absolute Gasteiger partial charge is 0.369 e. The molecule has 2 aromatic carbocycles. The van der Waals surface area contributed by atoms with E-state index in [4.69, 9.17) is 0 Å². The molecule has 134 valence electrons. The molecule has 0 radical (unpaired) electrons. The topological polar surface area (TPSA) is 30.5 Å². The molecule has 2 aromatic rings. The minimum atomic E-state index is 0.105. The number of anilines is 2. The molecule has 4 atom stereocenters. The van der Waals surface area contributed by atoms with Crippen LogP contribution < -0.4 is 10.6 Å². The molecule has 0 aliphatic carbocycles. The molecule has 0 bridgehead atoms. The van der Waals surface area contributed by atoms with Crippen LogP contribution in [0.3, 0.4) is 0 Å². The maximum Gasteiger partial charge on any atom is 0.0901 e. The van der Waals surface area contributed by atoms with Crippen LogP contribution in [0.15, 0.2) is 48.5 Å². The van der Waals surface area contributed by atoms with Crippen LogP contribution in [0.5, 0.6) is 0 Å². The van der Waals surface area contributed by atoms with Gasteiger partial charge in [0.25, 0.3) is 0 Å². The second kappa shape index (κ2) is 4.81. The lowest BCUT2D eigenvalue weighted by molar-refractivity contribution is 0.147. The van der Waals surface area contributed by atoms with E-state index in [-0.39, 0.29) is 10.8 Å². The van der Waals surface area contributed by atoms with Gasteiger partial charge in [-0.25, -0.2) is 0 Å². The molecular formula is C22H26N4. The minimum Gasteiger partial charge on any atom is -0.369 e. The van der Waals surface area contributed by atoms with Crippen molar-refractivity contribution in [3.8, 4) is 0 Å². The van der Waals surface area contributed by atoms with Gasteiger partial charge in [-0.2, -0.15) is 0 Å². The van der Waals surface area contributed by atoms with Crippen LogP contribution in [0.25, 0.3) is 0 Å². The monoisotopic (exact) mass is 346 g/mol. The summed E-state index contributed by atoms with van der Waals surface area (Å²) in [5.74, 6) is 0. The summed E-state index contributed by atoms with van der Waals surface area (Å²) in [5, 5.41) is 7.79. The van der Waals surface area contributed by atoms with Gasteiger partial charge in [0.05, 0.1) is 12.3 Å². The molecule has 26 heavy (non-hydrogen) atoms. The molecule has 0 unspecified atom stereocenters. The maximum atomic E-state index is 3.90. The third kappa shape index (κ3) is 1.47. The first-order chi connectivity index (χ1) is 12.7. The van der Waals surface area contributed by atoms with Gasteiger partial charge in [0.1, 0.15) is 0 Å². The molecule has 4 aliphatic rings. The maximum absolute atomic E-state index is 3.90. The van der Waals surface area contributed by atoms with Gasteiger partial charge in [-0.3, -0.25) is 9.80 Å². The molecule has 0 aromatic heterocycles. The highest BCUT2D eigenvalue weighted by Crippen LogP contribution is 2.65. The number of likely N-dealkylation sites (tertiary alicyclic amines) is 2. The van der Waals surface area contributed by atoms with Crippen molar-refractivity contribution in [2.75, 3.05) is 37.8 Å². The highest BCUT2D eigenvalue weighted by Gasteiger charge is 2.70. The summed E-state index contributed by atoms with van der Waals surface area (Å²) in [6.07, 6.45) is 3.14. The fourth-order valence-corrected chi connectivity index (χ4v) is 6.73. The molecule has 2 N–H and O–H groups in total. The van der Waals surface area contributed by atoms with Crippen molar-refractivity contribution < 1.29 is 0 Å². The van der Waals surface area contributed by atoms with Gasteiger partial charge in [-0.15, -0.1) is 0 Å². The number of nitrogens with zero attached hydrogens (tertiary/aromatic N) is 2. The van der Waals surface area contributed by atoms with Crippen LogP contribution in [-0.2, 0) is 10.8 Å². The summed E-state index contributed by atoms with van der Waals surface area (Å²) in [6.45, 7) is 2.29. The Kier molecular flexibility index (Phi) is 2.79. The van der Waals surface area contributed by atoms with Crippen molar-refractivity contribution in [2.45, 2.75) is 36.0 Å². The molecule has 2 fully saturated rings. The van der Waals surface area contributed by atoms with Crippen LogP contribution in [0.1, 0.15) is 24.0 Å². The molecule has 0 saturated carbocycles. The molecule has 4 heteroatoms. The smallest absolute Gasteiger partial charge is 0.0901 e. The standard InChI is InChI=1S/C22H26N4/c1-25-13-11-21(15-7-3-5-9-17(15)23-19(21)25)22-12-14-26(2)20(22)24-18-10-6-4-8-16(18)22/h3-10,19-20,23-24H,11-14H2,1-2H3/t19-,20-,21-,22+/m1/s1. The van der Waals surface area contributed by atoms with E-state index in [0.717, 1.165) is 13.1 Å². The summed E-state index contributed by atoms with van der Waals surface area (Å²) in [5.41, 5.74) is 5.91. The summed E-state index contributed by atoms with van der Waals surface area (Å²) < 4.78 is 0. The lowest BCUT2D eigenvalue weighted by Gasteiger charge is -2.48. The zero-order chi connectivity index (χ0) is 17.5. The Hall–Kier alpha value is -2.04. The Labute approximate surface area is 155 Å². The average Bonchev–Trinajstić information content (AvgIpc) is 3.36. The third-order valence-electron chi connectivity index (χ3n) is 7.73. The van der Waals surface area contributed by atoms with Crippen molar-refractivity contribution >= 4 is 11.4 Å². The number of rotatable bonds is 1. The second-order valence-corrected chi connectivity index (χ2v) is 8.59. The molecule has 0 spiro atoms. The number of nitrogens with one attached hydrogen (secondary N) is 2. The predicted molar refractivity (Wildman–Crippen MR) is 106 cm³/mol. The predicted octanol–water partition coefficient (Wildman–Crippen LogP) is 3.04. The Balaban J connectivity index is 1.68. The van der Waals surface area contributed by atoms with Crippen molar-refractivity contribution in [3.63, 3.8) is 0 Å². The van der Waals surface area contributed by atoms with E-state index in [2.05, 4.69) is 83.1 Å². The van der Waals surface area contributed by atoms with Crippen LogP contribution in [0.4, 0.5) is 11.4 Å². The number of hydrogen-bond donors (Lipinski definition) is 2. The van der Waals surface area contributed by atoms with Crippen molar-refractivity contribution in [1.82, 2.24) is 9.80 Å². The first-order valence-electron chi connectivity index (χ1n) is 9.81. The number of likely N-dealkylation sites (N-methyl/N-ethyl adjacent to an activating group) is 2. The van der Waals surface area contributed by atoms with E-state index in [1.165, 1.54) is 35.3 Å². The fraction of sp³-hybridized carbons (Fsp3) is 0.455.